The summed E-state index contributed by atoms with van der Waals surface area (Å²) in [7, 11) is 1.64. The molecule has 40 heavy (non-hydrogen) atoms. The van der Waals surface area contributed by atoms with Crippen LogP contribution in [0.3, 0.4) is 0 Å². The average molecular weight is 544 g/mol. The summed E-state index contributed by atoms with van der Waals surface area (Å²) in [6.07, 6.45) is 3.82. The molecule has 2 atom stereocenters. The van der Waals surface area contributed by atoms with E-state index in [4.69, 9.17) is 4.74 Å². The quantitative estimate of drug-likeness (QED) is 0.292. The number of piperidine rings is 1. The van der Waals surface area contributed by atoms with Crippen molar-refractivity contribution in [1.82, 2.24) is 10.6 Å². The highest BCUT2D eigenvalue weighted by molar-refractivity contribution is 5.99. The Balaban J connectivity index is 1.50. The fourth-order valence-corrected chi connectivity index (χ4v) is 5.16. The summed E-state index contributed by atoms with van der Waals surface area (Å²) in [6.45, 7) is 3.64. The molecule has 0 spiro atoms. The number of anilines is 1. The van der Waals surface area contributed by atoms with E-state index in [-0.39, 0.29) is 11.8 Å². The van der Waals surface area contributed by atoms with Gasteiger partial charge >= 0.3 is 0 Å². The SMILES string of the molecule is CCCc1cc(C(=O)N[C@@H](Cc2ccccc2)[C@@H](O)CNCc2cccc(OC)c2)cc(N2CCCCC2=O)c1. The average Bonchev–Trinajstić information content (AvgIpc) is 2.97. The maximum absolute atomic E-state index is 13.6. The number of amides is 2. The third kappa shape index (κ3) is 8.16. The number of rotatable bonds is 13. The number of nitrogens with zero attached hydrogens (tertiary/aromatic N) is 1. The summed E-state index contributed by atoms with van der Waals surface area (Å²) in [5, 5.41) is 17.6. The Kier molecular flexibility index (Phi) is 10.7. The number of hydrogen-bond acceptors (Lipinski definition) is 5. The first kappa shape index (κ1) is 29.3. The van der Waals surface area contributed by atoms with E-state index in [1.54, 1.807) is 12.0 Å². The molecule has 1 aliphatic heterocycles. The van der Waals surface area contributed by atoms with Crippen molar-refractivity contribution in [3.8, 4) is 5.75 Å². The van der Waals surface area contributed by atoms with E-state index >= 15 is 0 Å². The van der Waals surface area contributed by atoms with Crippen molar-refractivity contribution in [3.05, 3.63) is 95.1 Å². The molecule has 1 fully saturated rings. The zero-order chi connectivity index (χ0) is 28.3. The summed E-state index contributed by atoms with van der Waals surface area (Å²) in [6, 6.07) is 22.9. The first-order valence-electron chi connectivity index (χ1n) is 14.3. The van der Waals surface area contributed by atoms with Gasteiger partial charge in [-0.1, -0.05) is 55.8 Å². The highest BCUT2D eigenvalue weighted by atomic mass is 16.5. The number of aliphatic hydroxyl groups is 1. The van der Waals surface area contributed by atoms with Crippen LogP contribution >= 0.6 is 0 Å². The Morgan fingerprint density at radius 3 is 2.55 bits per heavy atom. The zero-order valence-electron chi connectivity index (χ0n) is 23.6. The minimum atomic E-state index is -0.822. The summed E-state index contributed by atoms with van der Waals surface area (Å²) < 4.78 is 5.30. The van der Waals surface area contributed by atoms with Gasteiger partial charge in [0.05, 0.1) is 19.3 Å². The summed E-state index contributed by atoms with van der Waals surface area (Å²) >= 11 is 0. The minimum absolute atomic E-state index is 0.103. The molecule has 1 heterocycles. The van der Waals surface area contributed by atoms with E-state index in [9.17, 15) is 14.7 Å². The van der Waals surface area contributed by atoms with Gasteiger partial charge in [-0.2, -0.15) is 0 Å². The fraction of sp³-hybridized carbons (Fsp3) is 0.394. The van der Waals surface area contributed by atoms with E-state index in [1.165, 1.54) is 0 Å². The Bertz CT molecular complexity index is 1260. The van der Waals surface area contributed by atoms with Gasteiger partial charge < -0.3 is 25.4 Å². The molecule has 0 aromatic heterocycles. The standard InChI is InChI=1S/C33H41N3O4/c1-3-10-25-17-27(21-28(18-25)36-16-8-7-15-32(36)38)33(39)35-30(20-24-11-5-4-6-12-24)31(37)23-34-22-26-13-9-14-29(19-26)40-2/h4-6,9,11-14,17-19,21,30-31,34,37H,3,7-8,10,15-16,20,22-23H2,1-2H3,(H,35,39)/t30-,31-/m0/s1. The molecular weight excluding hydrogens is 502 g/mol. The van der Waals surface area contributed by atoms with Crippen molar-refractivity contribution in [3.63, 3.8) is 0 Å². The van der Waals surface area contributed by atoms with Crippen LogP contribution in [0.2, 0.25) is 0 Å². The Hall–Kier alpha value is -3.68. The molecule has 1 saturated heterocycles. The molecule has 3 N–H and O–H groups in total. The van der Waals surface area contributed by atoms with Gasteiger partial charge in [0.2, 0.25) is 5.91 Å². The van der Waals surface area contributed by atoms with Crippen molar-refractivity contribution in [2.45, 2.75) is 64.1 Å². The predicted molar refractivity (Wildman–Crippen MR) is 159 cm³/mol. The maximum Gasteiger partial charge on any atom is 0.251 e. The highest BCUT2D eigenvalue weighted by Gasteiger charge is 2.25. The van der Waals surface area contributed by atoms with Gasteiger partial charge in [-0.15, -0.1) is 0 Å². The van der Waals surface area contributed by atoms with Gasteiger partial charge in [0.1, 0.15) is 5.75 Å². The number of carbonyl (C=O) groups excluding carboxylic acids is 2. The van der Waals surface area contributed by atoms with Gasteiger partial charge in [-0.25, -0.2) is 0 Å². The van der Waals surface area contributed by atoms with Crippen LogP contribution in [0.25, 0.3) is 0 Å². The lowest BCUT2D eigenvalue weighted by Gasteiger charge is -2.28. The summed E-state index contributed by atoms with van der Waals surface area (Å²) in [5.74, 6) is 0.632. The number of aliphatic hydroxyl groups excluding tert-OH is 1. The van der Waals surface area contributed by atoms with Crippen LogP contribution in [-0.4, -0.2) is 49.3 Å². The predicted octanol–water partition coefficient (Wildman–Crippen LogP) is 4.66. The molecule has 4 rings (SSSR count). The molecule has 7 heteroatoms. The number of benzene rings is 3. The largest absolute Gasteiger partial charge is 0.497 e. The molecular formula is C33H41N3O4. The molecule has 7 nitrogen and oxygen atoms in total. The molecule has 0 aliphatic carbocycles. The van der Waals surface area contributed by atoms with Crippen LogP contribution < -0.4 is 20.3 Å². The number of carbonyl (C=O) groups is 2. The second kappa shape index (κ2) is 14.6. The van der Waals surface area contributed by atoms with Crippen LogP contribution in [0, 0.1) is 0 Å². The first-order chi connectivity index (χ1) is 19.5. The third-order valence-corrected chi connectivity index (χ3v) is 7.31. The summed E-state index contributed by atoms with van der Waals surface area (Å²) in [4.78, 5) is 28.1. The van der Waals surface area contributed by atoms with E-state index in [0.29, 0.717) is 38.0 Å². The number of hydrogen-bond donors (Lipinski definition) is 3. The topological polar surface area (TPSA) is 90.9 Å². The van der Waals surface area contributed by atoms with Gasteiger partial charge in [-0.05, 0) is 72.7 Å². The first-order valence-corrected chi connectivity index (χ1v) is 14.3. The highest BCUT2D eigenvalue weighted by Crippen LogP contribution is 2.25. The Labute approximate surface area is 237 Å². The number of aryl methyl sites for hydroxylation is 1. The molecule has 2 amide bonds. The van der Waals surface area contributed by atoms with Crippen LogP contribution in [0.15, 0.2) is 72.8 Å². The smallest absolute Gasteiger partial charge is 0.251 e. The molecule has 212 valence electrons. The van der Waals surface area contributed by atoms with Crippen LogP contribution in [0.5, 0.6) is 5.75 Å². The fourth-order valence-electron chi connectivity index (χ4n) is 5.16. The van der Waals surface area contributed by atoms with Gasteiger partial charge in [0.25, 0.3) is 5.91 Å². The van der Waals surface area contributed by atoms with Gasteiger partial charge in [-0.3, -0.25) is 9.59 Å². The third-order valence-electron chi connectivity index (χ3n) is 7.31. The molecule has 3 aromatic carbocycles. The van der Waals surface area contributed by atoms with Crippen LogP contribution in [0.1, 0.15) is 59.7 Å². The lowest BCUT2D eigenvalue weighted by atomic mass is 9.99. The Morgan fingerprint density at radius 2 is 1.80 bits per heavy atom. The number of nitrogens with one attached hydrogen (secondary N) is 2. The number of ether oxygens (including phenoxy) is 1. The molecule has 3 aromatic rings. The second-order valence-corrected chi connectivity index (χ2v) is 10.5. The van der Waals surface area contributed by atoms with Crippen LogP contribution in [-0.2, 0) is 24.2 Å². The van der Waals surface area contributed by atoms with Gasteiger partial charge in [0, 0.05) is 37.3 Å². The van der Waals surface area contributed by atoms with E-state index in [0.717, 1.165) is 53.8 Å². The molecule has 1 aliphatic rings. The maximum atomic E-state index is 13.6. The van der Waals surface area contributed by atoms with E-state index in [2.05, 4.69) is 17.6 Å². The molecule has 0 radical (unpaired) electrons. The van der Waals surface area contributed by atoms with Gasteiger partial charge in [0.15, 0.2) is 0 Å². The normalized spacial score (nSPS) is 15.0. The molecule has 0 unspecified atom stereocenters. The zero-order valence-corrected chi connectivity index (χ0v) is 23.6. The van der Waals surface area contributed by atoms with E-state index < -0.39 is 12.1 Å². The van der Waals surface area contributed by atoms with E-state index in [1.807, 2.05) is 72.8 Å². The Morgan fingerprint density at radius 1 is 1.00 bits per heavy atom. The second-order valence-electron chi connectivity index (χ2n) is 10.5. The molecule has 0 saturated carbocycles. The lowest BCUT2D eigenvalue weighted by molar-refractivity contribution is -0.119. The van der Waals surface area contributed by atoms with Crippen molar-refractivity contribution in [2.24, 2.45) is 0 Å². The molecule has 0 bridgehead atoms. The lowest BCUT2D eigenvalue weighted by Crippen LogP contribution is -2.48. The van der Waals surface area contributed by atoms with Crippen molar-refractivity contribution < 1.29 is 19.4 Å². The minimum Gasteiger partial charge on any atom is -0.497 e. The number of methoxy groups -OCH3 is 1. The van der Waals surface area contributed by atoms with Crippen molar-refractivity contribution in [1.29, 1.82) is 0 Å². The van der Waals surface area contributed by atoms with Crippen molar-refractivity contribution in [2.75, 3.05) is 25.1 Å². The van der Waals surface area contributed by atoms with Crippen LogP contribution in [0.4, 0.5) is 5.69 Å². The van der Waals surface area contributed by atoms with Crippen molar-refractivity contribution >= 4 is 17.5 Å². The summed E-state index contributed by atoms with van der Waals surface area (Å²) in [5.41, 5.74) is 4.39. The monoisotopic (exact) mass is 543 g/mol.